The summed E-state index contributed by atoms with van der Waals surface area (Å²) in [5, 5.41) is 3.24. The smallest absolute Gasteiger partial charge is 0.810 e. The van der Waals surface area contributed by atoms with Crippen molar-refractivity contribution in [3.05, 3.63) is 46.9 Å². The Labute approximate surface area is 254 Å². The van der Waals surface area contributed by atoms with Crippen molar-refractivity contribution in [2.75, 3.05) is 39.9 Å². The van der Waals surface area contributed by atoms with Gasteiger partial charge in [0.15, 0.2) is 9.84 Å². The molecule has 15 heteroatoms. The van der Waals surface area contributed by atoms with Crippen LogP contribution >= 0.6 is 7.60 Å². The van der Waals surface area contributed by atoms with Crippen LogP contribution in [-0.2, 0) is 24.9 Å². The molecule has 2 aromatic carbocycles. The molecule has 0 heterocycles. The van der Waals surface area contributed by atoms with Crippen molar-refractivity contribution in [1.82, 2.24) is 0 Å². The predicted molar refractivity (Wildman–Crippen MR) is 122 cm³/mol. The summed E-state index contributed by atoms with van der Waals surface area (Å²) in [5.41, 5.74) is 0.690. The van der Waals surface area contributed by atoms with Crippen LogP contribution in [0.3, 0.4) is 0 Å². The number of ether oxygens (including phenoxy) is 4. The molecule has 1 N–H and O–H groups in total. The largest absolute Gasteiger partial charge is 1.00 e. The van der Waals surface area contributed by atoms with Crippen molar-refractivity contribution >= 4 is 35.1 Å². The van der Waals surface area contributed by atoms with Crippen molar-refractivity contribution < 1.29 is 106 Å². The summed E-state index contributed by atoms with van der Waals surface area (Å²) in [4.78, 5) is 33.5. The molecule has 0 radical (unpaired) electrons. The third kappa shape index (κ3) is 10.7. The second-order valence-corrected chi connectivity index (χ2v) is 10.3. The SMILES string of the molecule is COc1cc(OC)c(/C=C/S(=O)(=O)Cc2ccc(OC)c(NC(=O)CP(=O)([O-])[O-])c2)c(OC)c1.[Na+].[Na+]. The fraction of sp³-hybridized carbons (Fsp3) is 0.286. The van der Waals surface area contributed by atoms with Crippen molar-refractivity contribution in [3.63, 3.8) is 0 Å². The van der Waals surface area contributed by atoms with Gasteiger partial charge in [-0.15, -0.1) is 0 Å². The first-order valence-electron chi connectivity index (χ1n) is 9.60. The molecule has 0 fully saturated rings. The summed E-state index contributed by atoms with van der Waals surface area (Å²) in [6.45, 7) is 0. The number of nitrogens with one attached hydrogen (secondary N) is 1. The third-order valence-corrected chi connectivity index (χ3v) is 6.40. The minimum atomic E-state index is -5.07. The minimum absolute atomic E-state index is 0. The van der Waals surface area contributed by atoms with Crippen LogP contribution in [0, 0.1) is 0 Å². The molecule has 0 aliphatic rings. The van der Waals surface area contributed by atoms with E-state index in [4.69, 9.17) is 18.9 Å². The maximum absolute atomic E-state index is 12.7. The molecule has 0 saturated heterocycles. The van der Waals surface area contributed by atoms with E-state index in [1.165, 1.54) is 52.7 Å². The van der Waals surface area contributed by atoms with E-state index >= 15 is 0 Å². The van der Waals surface area contributed by atoms with E-state index in [1.807, 2.05) is 0 Å². The van der Waals surface area contributed by atoms with E-state index in [1.54, 1.807) is 12.1 Å². The number of hydrogen-bond acceptors (Lipinski definition) is 10. The fourth-order valence-corrected chi connectivity index (χ4v) is 4.47. The van der Waals surface area contributed by atoms with E-state index in [2.05, 4.69) is 5.32 Å². The van der Waals surface area contributed by atoms with E-state index in [-0.39, 0.29) is 76.1 Å². The molecule has 1 amide bonds. The number of methoxy groups -OCH3 is 4. The maximum Gasteiger partial charge on any atom is 1.00 e. The average Bonchev–Trinajstić information content (AvgIpc) is 2.75. The molecule has 11 nitrogen and oxygen atoms in total. The molecule has 186 valence electrons. The van der Waals surface area contributed by atoms with Gasteiger partial charge in [0.05, 0.1) is 51.6 Å². The first-order chi connectivity index (χ1) is 15.9. The number of anilines is 1. The zero-order valence-electron chi connectivity index (χ0n) is 20.9. The maximum atomic E-state index is 12.7. The van der Waals surface area contributed by atoms with E-state index in [0.717, 1.165) is 5.41 Å². The Morgan fingerprint density at radius 2 is 1.50 bits per heavy atom. The van der Waals surface area contributed by atoms with E-state index in [9.17, 15) is 27.6 Å². The summed E-state index contributed by atoms with van der Waals surface area (Å²) in [7, 11) is -3.26. The topological polar surface area (TPSA) is 163 Å². The van der Waals surface area contributed by atoms with Gasteiger partial charge in [-0.1, -0.05) is 13.7 Å². The van der Waals surface area contributed by atoms with Gasteiger partial charge in [0.25, 0.3) is 0 Å². The molecular weight excluding hydrogens is 535 g/mol. The number of sulfone groups is 1. The van der Waals surface area contributed by atoms with Crippen molar-refractivity contribution in [1.29, 1.82) is 0 Å². The molecule has 0 unspecified atom stereocenters. The molecule has 2 aromatic rings. The van der Waals surface area contributed by atoms with Crippen LogP contribution in [0.1, 0.15) is 11.1 Å². The van der Waals surface area contributed by atoms with E-state index in [0.29, 0.717) is 22.8 Å². The Morgan fingerprint density at radius 3 is 1.97 bits per heavy atom. The number of carbonyl (C=O) groups is 1. The van der Waals surface area contributed by atoms with Crippen LogP contribution in [0.25, 0.3) is 6.08 Å². The summed E-state index contributed by atoms with van der Waals surface area (Å²) >= 11 is 0. The Morgan fingerprint density at radius 1 is 0.944 bits per heavy atom. The summed E-state index contributed by atoms with van der Waals surface area (Å²) in [6.07, 6.45) is 0.0889. The fourth-order valence-electron chi connectivity index (χ4n) is 2.96. The molecule has 0 aromatic heterocycles. The second kappa shape index (κ2) is 15.4. The van der Waals surface area contributed by atoms with E-state index < -0.39 is 35.3 Å². The molecule has 0 saturated carbocycles. The van der Waals surface area contributed by atoms with Gasteiger partial charge >= 0.3 is 59.1 Å². The molecule has 0 aliphatic carbocycles. The van der Waals surface area contributed by atoms with Crippen LogP contribution in [0.15, 0.2) is 35.7 Å². The van der Waals surface area contributed by atoms with Crippen LogP contribution in [0.4, 0.5) is 5.69 Å². The van der Waals surface area contributed by atoms with Gasteiger partial charge in [0.1, 0.15) is 23.0 Å². The van der Waals surface area contributed by atoms with Gasteiger partial charge in [-0.05, 0) is 23.8 Å². The van der Waals surface area contributed by atoms with Gasteiger partial charge in [-0.2, -0.15) is 0 Å². The van der Waals surface area contributed by atoms with Crippen LogP contribution in [-0.4, -0.2) is 48.9 Å². The van der Waals surface area contributed by atoms with Gasteiger partial charge in [0, 0.05) is 17.5 Å². The molecular formula is C21H24NNa2O10PS. The zero-order valence-corrected chi connectivity index (χ0v) is 26.6. The van der Waals surface area contributed by atoms with Gasteiger partial charge in [-0.25, -0.2) is 8.42 Å². The predicted octanol–water partition coefficient (Wildman–Crippen LogP) is -4.83. The number of amides is 1. The molecule has 0 atom stereocenters. The quantitative estimate of drug-likeness (QED) is 0.209. The summed E-state index contributed by atoms with van der Waals surface area (Å²) in [5.74, 6) is -0.211. The molecule has 2 rings (SSSR count). The Hall–Kier alpha value is -1.05. The normalized spacial score (nSPS) is 11.2. The first-order valence-corrected chi connectivity index (χ1v) is 13.0. The second-order valence-electron chi connectivity index (χ2n) is 6.91. The monoisotopic (exact) mass is 559 g/mol. The minimum Gasteiger partial charge on any atom is -0.810 e. The standard InChI is InChI=1S/C21H26NO10PS.2Na/c1-29-15-10-19(31-3)16(20(11-15)32-4)7-8-34(27,28)13-14-5-6-18(30-2)17(9-14)22-21(23)12-33(24,25)26;;/h5-11H,12-13H2,1-4H3,(H,22,23)(H2,24,25,26);;/q;2*+1/p-2/b8-7+;;. The first kappa shape index (κ1) is 35.0. The van der Waals surface area contributed by atoms with Crippen molar-refractivity contribution in [2.24, 2.45) is 0 Å². The van der Waals surface area contributed by atoms with Crippen LogP contribution < -0.4 is 93.2 Å². The van der Waals surface area contributed by atoms with Crippen LogP contribution in [0.2, 0.25) is 0 Å². The molecule has 0 aliphatic heterocycles. The Balaban J connectivity index is 0.00000612. The number of hydrogen-bond donors (Lipinski definition) is 1. The van der Waals surface area contributed by atoms with Crippen molar-refractivity contribution in [2.45, 2.75) is 5.75 Å². The number of rotatable bonds is 11. The van der Waals surface area contributed by atoms with Gasteiger partial charge in [0.2, 0.25) is 5.91 Å². The van der Waals surface area contributed by atoms with Gasteiger partial charge < -0.3 is 38.6 Å². The van der Waals surface area contributed by atoms with Gasteiger partial charge in [-0.3, -0.25) is 4.79 Å². The molecule has 0 spiro atoms. The molecule has 0 bridgehead atoms. The Kier molecular flexibility index (Phi) is 14.9. The summed E-state index contributed by atoms with van der Waals surface area (Å²) in [6, 6.07) is 7.36. The zero-order chi connectivity index (χ0) is 25.5. The third-order valence-electron chi connectivity index (χ3n) is 4.44. The molecule has 36 heavy (non-hydrogen) atoms. The number of benzene rings is 2. The Bertz CT molecular complexity index is 1210. The average molecular weight is 559 g/mol. The number of carbonyl (C=O) groups excluding carboxylic acids is 1. The summed E-state index contributed by atoms with van der Waals surface area (Å²) < 4.78 is 57.2. The van der Waals surface area contributed by atoms with Crippen molar-refractivity contribution in [3.8, 4) is 23.0 Å². The van der Waals surface area contributed by atoms with Crippen LogP contribution in [0.5, 0.6) is 23.0 Å².